The number of hydrogen-bond donors (Lipinski definition) is 0. The quantitative estimate of drug-likeness (QED) is 0.767. The third-order valence-corrected chi connectivity index (χ3v) is 4.58. The highest BCUT2D eigenvalue weighted by molar-refractivity contribution is 5.39. The zero-order chi connectivity index (χ0) is 12.8. The van der Waals surface area contributed by atoms with E-state index in [1.54, 1.807) is 0 Å². The second-order valence-electron chi connectivity index (χ2n) is 5.91. The molecular weight excluding hydrogens is 234 g/mol. The normalized spacial score (nSPS) is 27.3. The zero-order valence-electron chi connectivity index (χ0n) is 11.1. The van der Waals surface area contributed by atoms with Gasteiger partial charge in [-0.2, -0.15) is 0 Å². The van der Waals surface area contributed by atoms with Crippen molar-refractivity contribution in [2.45, 2.75) is 44.3 Å². The van der Waals surface area contributed by atoms with Crippen LogP contribution in [0.2, 0.25) is 0 Å². The van der Waals surface area contributed by atoms with Crippen molar-refractivity contribution < 1.29 is 0 Å². The van der Waals surface area contributed by atoms with Crippen molar-refractivity contribution in [1.82, 2.24) is 14.3 Å². The predicted molar refractivity (Wildman–Crippen MR) is 75.9 cm³/mol. The molecule has 3 heteroatoms. The van der Waals surface area contributed by atoms with Crippen LogP contribution in [-0.2, 0) is 6.54 Å². The number of imidazole rings is 1. The van der Waals surface area contributed by atoms with Gasteiger partial charge in [0.15, 0.2) is 0 Å². The van der Waals surface area contributed by atoms with Gasteiger partial charge >= 0.3 is 0 Å². The van der Waals surface area contributed by atoms with Crippen LogP contribution in [0.25, 0.3) is 5.65 Å². The molecule has 0 spiro atoms. The molecule has 4 rings (SSSR count). The van der Waals surface area contributed by atoms with E-state index in [1.807, 2.05) is 12.1 Å². The first-order valence-corrected chi connectivity index (χ1v) is 7.14. The van der Waals surface area contributed by atoms with Crippen LogP contribution in [0.3, 0.4) is 0 Å². The molecule has 2 saturated heterocycles. The highest BCUT2D eigenvalue weighted by atomic mass is 15.2. The average Bonchev–Trinajstić information content (AvgIpc) is 2.90. The van der Waals surface area contributed by atoms with Crippen LogP contribution in [0.1, 0.15) is 31.4 Å². The van der Waals surface area contributed by atoms with Gasteiger partial charge < -0.3 is 4.40 Å². The molecule has 2 atom stereocenters. The van der Waals surface area contributed by atoms with E-state index in [4.69, 9.17) is 4.98 Å². The molecule has 0 amide bonds. The Hall–Kier alpha value is -1.61. The summed E-state index contributed by atoms with van der Waals surface area (Å²) in [6, 6.07) is 7.57. The lowest BCUT2D eigenvalue weighted by molar-refractivity contribution is 0.156. The Labute approximate surface area is 113 Å². The Kier molecular flexibility index (Phi) is 2.49. The molecule has 2 unspecified atom stereocenters. The molecule has 19 heavy (non-hydrogen) atoms. The van der Waals surface area contributed by atoms with Crippen molar-refractivity contribution in [3.8, 4) is 0 Å². The summed E-state index contributed by atoms with van der Waals surface area (Å²) < 4.78 is 2.11. The molecular formula is C16H19N3. The van der Waals surface area contributed by atoms with Crippen molar-refractivity contribution in [3.63, 3.8) is 0 Å². The second-order valence-corrected chi connectivity index (χ2v) is 5.91. The summed E-state index contributed by atoms with van der Waals surface area (Å²) in [7, 11) is 0. The van der Waals surface area contributed by atoms with E-state index in [-0.39, 0.29) is 0 Å². The summed E-state index contributed by atoms with van der Waals surface area (Å²) in [6.45, 7) is 5.18. The van der Waals surface area contributed by atoms with Crippen LogP contribution in [-0.4, -0.2) is 26.4 Å². The van der Waals surface area contributed by atoms with E-state index in [0.717, 1.165) is 12.2 Å². The Morgan fingerprint density at radius 1 is 1.21 bits per heavy atom. The standard InChI is InChI=1S/C16H19N3/c1-12-8-14-5-6-15(9-12)19(14)11-13-10-18-7-3-2-4-16(18)17-13/h2-4,7,10,14-15H,1,5-6,8-9,11H2. The fraction of sp³-hybridized carbons (Fsp3) is 0.438. The van der Waals surface area contributed by atoms with E-state index in [9.17, 15) is 0 Å². The van der Waals surface area contributed by atoms with Gasteiger partial charge in [-0.1, -0.05) is 18.2 Å². The number of nitrogens with zero attached hydrogens (tertiary/aromatic N) is 3. The molecule has 2 fully saturated rings. The van der Waals surface area contributed by atoms with Gasteiger partial charge in [-0.3, -0.25) is 4.90 Å². The van der Waals surface area contributed by atoms with Crippen molar-refractivity contribution >= 4 is 5.65 Å². The zero-order valence-corrected chi connectivity index (χ0v) is 11.1. The van der Waals surface area contributed by atoms with Crippen LogP contribution in [0, 0.1) is 0 Å². The Bertz CT molecular complexity index is 579. The highest BCUT2D eigenvalue weighted by Gasteiger charge is 2.37. The monoisotopic (exact) mass is 253 g/mol. The van der Waals surface area contributed by atoms with Crippen molar-refractivity contribution in [2.75, 3.05) is 0 Å². The molecule has 2 aliphatic rings. The minimum absolute atomic E-state index is 0.705. The van der Waals surface area contributed by atoms with E-state index in [1.165, 1.54) is 37.0 Å². The fourth-order valence-corrected chi connectivity index (χ4v) is 3.71. The van der Waals surface area contributed by atoms with Crippen molar-refractivity contribution in [3.05, 3.63) is 48.4 Å². The number of fused-ring (bicyclic) bond motifs is 3. The number of pyridine rings is 1. The maximum atomic E-state index is 4.72. The van der Waals surface area contributed by atoms with Crippen LogP contribution in [0.4, 0.5) is 0 Å². The van der Waals surface area contributed by atoms with Gasteiger partial charge in [-0.05, 0) is 37.8 Å². The molecule has 2 aliphatic heterocycles. The van der Waals surface area contributed by atoms with Gasteiger partial charge in [0.1, 0.15) is 5.65 Å². The molecule has 0 N–H and O–H groups in total. The maximum Gasteiger partial charge on any atom is 0.137 e. The summed E-state index contributed by atoms with van der Waals surface area (Å²) >= 11 is 0. The first-order chi connectivity index (χ1) is 9.29. The van der Waals surface area contributed by atoms with Crippen LogP contribution in [0.5, 0.6) is 0 Å². The van der Waals surface area contributed by atoms with Gasteiger partial charge in [0, 0.05) is 31.0 Å². The molecule has 0 radical (unpaired) electrons. The first kappa shape index (κ1) is 11.2. The minimum Gasteiger partial charge on any atom is -0.307 e. The van der Waals surface area contributed by atoms with Gasteiger partial charge in [0.2, 0.25) is 0 Å². The topological polar surface area (TPSA) is 20.5 Å². The third-order valence-electron chi connectivity index (χ3n) is 4.58. The van der Waals surface area contributed by atoms with E-state index < -0.39 is 0 Å². The number of rotatable bonds is 2. The fourth-order valence-electron chi connectivity index (χ4n) is 3.71. The number of hydrogen-bond acceptors (Lipinski definition) is 2. The molecule has 2 aromatic heterocycles. The van der Waals surface area contributed by atoms with Gasteiger partial charge in [-0.25, -0.2) is 4.98 Å². The van der Waals surface area contributed by atoms with Crippen LogP contribution in [0.15, 0.2) is 42.7 Å². The highest BCUT2D eigenvalue weighted by Crippen LogP contribution is 2.38. The number of aromatic nitrogens is 2. The van der Waals surface area contributed by atoms with Crippen LogP contribution >= 0.6 is 0 Å². The Morgan fingerprint density at radius 3 is 2.74 bits per heavy atom. The van der Waals surface area contributed by atoms with E-state index in [2.05, 4.69) is 34.3 Å². The lowest BCUT2D eigenvalue weighted by Crippen LogP contribution is -2.39. The molecule has 0 aliphatic carbocycles. The summed E-state index contributed by atoms with van der Waals surface area (Å²) in [5.74, 6) is 0. The molecule has 4 heterocycles. The molecule has 0 aromatic carbocycles. The number of piperidine rings is 1. The minimum atomic E-state index is 0.705. The lowest BCUT2D eigenvalue weighted by Gasteiger charge is -2.35. The second kappa shape index (κ2) is 4.20. The largest absolute Gasteiger partial charge is 0.307 e. The average molecular weight is 253 g/mol. The molecule has 0 saturated carbocycles. The summed E-state index contributed by atoms with van der Waals surface area (Å²) in [6.07, 6.45) is 9.26. The maximum absolute atomic E-state index is 4.72. The smallest absolute Gasteiger partial charge is 0.137 e. The molecule has 2 aromatic rings. The Morgan fingerprint density at radius 2 is 2.00 bits per heavy atom. The molecule has 2 bridgehead atoms. The SMILES string of the molecule is C=C1CC2CCC(C1)N2Cc1cn2ccccc2n1. The van der Waals surface area contributed by atoms with Gasteiger partial charge in [0.25, 0.3) is 0 Å². The summed E-state index contributed by atoms with van der Waals surface area (Å²) in [5.41, 5.74) is 3.68. The van der Waals surface area contributed by atoms with Crippen molar-refractivity contribution in [1.29, 1.82) is 0 Å². The lowest BCUT2D eigenvalue weighted by atomic mass is 9.98. The Balaban J connectivity index is 1.60. The summed E-state index contributed by atoms with van der Waals surface area (Å²) in [5, 5.41) is 0. The molecule has 98 valence electrons. The molecule has 3 nitrogen and oxygen atoms in total. The summed E-state index contributed by atoms with van der Waals surface area (Å²) in [4.78, 5) is 7.37. The van der Waals surface area contributed by atoms with Crippen molar-refractivity contribution in [2.24, 2.45) is 0 Å². The van der Waals surface area contributed by atoms with E-state index in [0.29, 0.717) is 12.1 Å². The van der Waals surface area contributed by atoms with Gasteiger partial charge in [0.05, 0.1) is 5.69 Å². The van der Waals surface area contributed by atoms with Crippen LogP contribution < -0.4 is 0 Å². The third kappa shape index (κ3) is 1.89. The predicted octanol–water partition coefficient (Wildman–Crippen LogP) is 3.02. The van der Waals surface area contributed by atoms with E-state index >= 15 is 0 Å². The van der Waals surface area contributed by atoms with Gasteiger partial charge in [-0.15, -0.1) is 0 Å². The first-order valence-electron chi connectivity index (χ1n) is 7.14.